The van der Waals surface area contributed by atoms with Crippen LogP contribution in [0.25, 0.3) is 0 Å². The normalized spacial score (nSPS) is 17.2. The highest BCUT2D eigenvalue weighted by molar-refractivity contribution is 6.20. The molecule has 0 spiro atoms. The standard InChI is InChI=1S/C29H36N4O3/c1-6-12-21(26(30)34)23(17-18(2)3)28(35)32-27-29(36)33(19(4)5)24-16-11-10-15-22(24)25(31-27)20-13-8-7-9-14-20/h6-11,13-16,18-19,21,23,27H,1,12,17H2,2-5H3,(H2,30,34)(H,32,35)/t21-,23+,27?/m0/s1. The van der Waals surface area contributed by atoms with E-state index in [4.69, 9.17) is 10.7 Å². The molecule has 1 aliphatic rings. The number of benzodiazepines with no additional fused rings is 1. The van der Waals surface area contributed by atoms with Crippen LogP contribution in [-0.2, 0) is 14.4 Å². The molecule has 190 valence electrons. The third-order valence-corrected chi connectivity index (χ3v) is 6.32. The second kappa shape index (κ2) is 11.8. The van der Waals surface area contributed by atoms with Gasteiger partial charge in [-0.1, -0.05) is 68.5 Å². The van der Waals surface area contributed by atoms with Crippen LogP contribution in [0.2, 0.25) is 0 Å². The second-order valence-corrected chi connectivity index (χ2v) is 9.84. The van der Waals surface area contributed by atoms with E-state index in [1.54, 1.807) is 11.0 Å². The van der Waals surface area contributed by atoms with Gasteiger partial charge >= 0.3 is 0 Å². The molecule has 7 nitrogen and oxygen atoms in total. The summed E-state index contributed by atoms with van der Waals surface area (Å²) in [5.41, 5.74) is 8.67. The number of benzene rings is 2. The quantitative estimate of drug-likeness (QED) is 0.493. The molecule has 0 bridgehead atoms. The molecule has 1 aliphatic heterocycles. The average molecular weight is 489 g/mol. The van der Waals surface area contributed by atoms with Gasteiger partial charge in [-0.3, -0.25) is 14.4 Å². The Hall–Kier alpha value is -3.74. The summed E-state index contributed by atoms with van der Waals surface area (Å²) in [7, 11) is 0. The second-order valence-electron chi connectivity index (χ2n) is 9.84. The van der Waals surface area contributed by atoms with Crippen LogP contribution in [0, 0.1) is 17.8 Å². The summed E-state index contributed by atoms with van der Waals surface area (Å²) in [6.45, 7) is 11.5. The summed E-state index contributed by atoms with van der Waals surface area (Å²) in [5, 5.41) is 2.87. The predicted octanol–water partition coefficient (Wildman–Crippen LogP) is 4.06. The molecule has 1 unspecified atom stereocenters. The van der Waals surface area contributed by atoms with Crippen LogP contribution in [0.3, 0.4) is 0 Å². The van der Waals surface area contributed by atoms with Crippen molar-refractivity contribution in [2.45, 2.75) is 52.7 Å². The molecule has 3 amide bonds. The number of rotatable bonds is 10. The van der Waals surface area contributed by atoms with Crippen molar-refractivity contribution in [2.75, 3.05) is 4.90 Å². The molecule has 3 atom stereocenters. The first-order valence-electron chi connectivity index (χ1n) is 12.4. The molecule has 0 saturated carbocycles. The summed E-state index contributed by atoms with van der Waals surface area (Å²) >= 11 is 0. The number of carbonyl (C=O) groups is 3. The van der Waals surface area contributed by atoms with E-state index >= 15 is 0 Å². The fourth-order valence-electron chi connectivity index (χ4n) is 4.70. The van der Waals surface area contributed by atoms with E-state index in [2.05, 4.69) is 11.9 Å². The molecule has 3 rings (SSSR count). The third kappa shape index (κ3) is 5.90. The van der Waals surface area contributed by atoms with Crippen molar-refractivity contribution in [1.82, 2.24) is 5.32 Å². The Labute approximate surface area is 213 Å². The predicted molar refractivity (Wildman–Crippen MR) is 144 cm³/mol. The van der Waals surface area contributed by atoms with Crippen LogP contribution in [-0.4, -0.2) is 35.6 Å². The molecule has 0 saturated heterocycles. The van der Waals surface area contributed by atoms with Gasteiger partial charge in [-0.15, -0.1) is 6.58 Å². The first-order valence-corrected chi connectivity index (χ1v) is 12.4. The van der Waals surface area contributed by atoms with Gasteiger partial charge in [0.15, 0.2) is 0 Å². The lowest BCUT2D eigenvalue weighted by Gasteiger charge is -2.30. The highest BCUT2D eigenvalue weighted by Gasteiger charge is 2.38. The van der Waals surface area contributed by atoms with E-state index in [0.29, 0.717) is 12.1 Å². The monoisotopic (exact) mass is 488 g/mol. The summed E-state index contributed by atoms with van der Waals surface area (Å²) in [6.07, 6.45) is 1.16. The van der Waals surface area contributed by atoms with Crippen LogP contribution < -0.4 is 16.0 Å². The molecular weight excluding hydrogens is 452 g/mol. The maximum absolute atomic E-state index is 13.8. The van der Waals surface area contributed by atoms with Gasteiger partial charge in [-0.05, 0) is 38.7 Å². The molecule has 1 heterocycles. The van der Waals surface area contributed by atoms with Gasteiger partial charge in [-0.2, -0.15) is 0 Å². The summed E-state index contributed by atoms with van der Waals surface area (Å²) < 4.78 is 0. The molecule has 36 heavy (non-hydrogen) atoms. The molecular formula is C29H36N4O3. The zero-order valence-electron chi connectivity index (χ0n) is 21.5. The van der Waals surface area contributed by atoms with E-state index < -0.39 is 29.8 Å². The Morgan fingerprint density at radius 2 is 1.69 bits per heavy atom. The van der Waals surface area contributed by atoms with E-state index in [0.717, 1.165) is 16.8 Å². The minimum absolute atomic E-state index is 0.136. The van der Waals surface area contributed by atoms with Crippen molar-refractivity contribution in [3.63, 3.8) is 0 Å². The van der Waals surface area contributed by atoms with E-state index in [9.17, 15) is 14.4 Å². The fourth-order valence-corrected chi connectivity index (χ4v) is 4.70. The Morgan fingerprint density at radius 3 is 2.28 bits per heavy atom. The number of nitrogens with zero attached hydrogens (tertiary/aromatic N) is 2. The van der Waals surface area contributed by atoms with E-state index in [1.165, 1.54) is 0 Å². The minimum Gasteiger partial charge on any atom is -0.369 e. The van der Waals surface area contributed by atoms with Crippen molar-refractivity contribution in [2.24, 2.45) is 28.5 Å². The summed E-state index contributed by atoms with van der Waals surface area (Å²) in [4.78, 5) is 46.2. The van der Waals surface area contributed by atoms with Crippen molar-refractivity contribution in [3.8, 4) is 0 Å². The molecule has 0 fully saturated rings. The van der Waals surface area contributed by atoms with E-state index in [1.807, 2.05) is 82.3 Å². The smallest absolute Gasteiger partial charge is 0.272 e. The lowest BCUT2D eigenvalue weighted by atomic mass is 9.82. The van der Waals surface area contributed by atoms with Gasteiger partial charge in [0.2, 0.25) is 18.0 Å². The average Bonchev–Trinajstić information content (AvgIpc) is 2.96. The fraction of sp³-hybridized carbons (Fsp3) is 0.379. The van der Waals surface area contributed by atoms with Crippen molar-refractivity contribution in [3.05, 3.63) is 78.4 Å². The number of para-hydroxylation sites is 1. The number of allylic oxidation sites excluding steroid dienone is 1. The van der Waals surface area contributed by atoms with E-state index in [-0.39, 0.29) is 24.3 Å². The van der Waals surface area contributed by atoms with Gasteiger partial charge in [0.25, 0.3) is 5.91 Å². The number of aliphatic imine (C=N–C) groups is 1. The lowest BCUT2D eigenvalue weighted by molar-refractivity contribution is -0.135. The van der Waals surface area contributed by atoms with Crippen LogP contribution in [0.4, 0.5) is 5.69 Å². The maximum Gasteiger partial charge on any atom is 0.272 e. The Balaban J connectivity index is 2.10. The first-order chi connectivity index (χ1) is 17.1. The van der Waals surface area contributed by atoms with Crippen LogP contribution >= 0.6 is 0 Å². The molecule has 3 N–H and O–H groups in total. The zero-order valence-corrected chi connectivity index (χ0v) is 21.5. The van der Waals surface area contributed by atoms with Gasteiger partial charge in [0.1, 0.15) is 0 Å². The molecule has 2 aromatic carbocycles. The van der Waals surface area contributed by atoms with Gasteiger partial charge in [-0.25, -0.2) is 4.99 Å². The molecule has 0 radical (unpaired) electrons. The zero-order chi connectivity index (χ0) is 26.4. The lowest BCUT2D eigenvalue weighted by Crippen LogP contribution is -2.52. The molecule has 2 aromatic rings. The number of hydrogen-bond acceptors (Lipinski definition) is 4. The topological polar surface area (TPSA) is 105 Å². The highest BCUT2D eigenvalue weighted by Crippen LogP contribution is 2.30. The number of hydrogen-bond donors (Lipinski definition) is 2. The van der Waals surface area contributed by atoms with Crippen LogP contribution in [0.5, 0.6) is 0 Å². The largest absolute Gasteiger partial charge is 0.369 e. The van der Waals surface area contributed by atoms with Gasteiger partial charge in [0.05, 0.1) is 23.2 Å². The SMILES string of the molecule is C=CC[C@H](C(N)=O)[C@@H](CC(C)C)C(=O)NC1N=C(c2ccccc2)c2ccccc2N(C(C)C)C1=O. The van der Waals surface area contributed by atoms with Crippen molar-refractivity contribution in [1.29, 1.82) is 0 Å². The third-order valence-electron chi connectivity index (χ3n) is 6.32. The maximum atomic E-state index is 13.8. The van der Waals surface area contributed by atoms with Crippen LogP contribution in [0.1, 0.15) is 51.7 Å². The first kappa shape index (κ1) is 26.9. The number of nitrogens with one attached hydrogen (secondary N) is 1. The van der Waals surface area contributed by atoms with Gasteiger partial charge < -0.3 is 16.0 Å². The molecule has 0 aliphatic carbocycles. The number of anilines is 1. The van der Waals surface area contributed by atoms with Crippen LogP contribution in [0.15, 0.2) is 72.2 Å². The molecule has 0 aromatic heterocycles. The summed E-state index contributed by atoms with van der Waals surface area (Å²) in [5.74, 6) is -2.61. The van der Waals surface area contributed by atoms with Crippen molar-refractivity contribution >= 4 is 29.1 Å². The number of fused-ring (bicyclic) bond motifs is 1. The minimum atomic E-state index is -1.16. The van der Waals surface area contributed by atoms with Crippen molar-refractivity contribution < 1.29 is 14.4 Å². The Morgan fingerprint density at radius 1 is 1.06 bits per heavy atom. The molecule has 7 heteroatoms. The van der Waals surface area contributed by atoms with Gasteiger partial charge in [0, 0.05) is 17.2 Å². The Bertz CT molecular complexity index is 1140. The number of carbonyl (C=O) groups excluding carboxylic acids is 3. The number of primary amides is 1. The highest BCUT2D eigenvalue weighted by atomic mass is 16.2. The summed E-state index contributed by atoms with van der Waals surface area (Å²) in [6, 6.07) is 17.0. The number of amides is 3. The number of nitrogens with two attached hydrogens (primary N) is 1. The Kier molecular flexibility index (Phi) is 8.80.